The van der Waals surface area contributed by atoms with E-state index in [9.17, 15) is 0 Å². The van der Waals surface area contributed by atoms with E-state index < -0.39 is 0 Å². The summed E-state index contributed by atoms with van der Waals surface area (Å²) < 4.78 is 2.17. The molecule has 2 rings (SSSR count). The van der Waals surface area contributed by atoms with E-state index in [2.05, 4.69) is 41.9 Å². The lowest BCUT2D eigenvalue weighted by Crippen LogP contribution is -2.31. The highest BCUT2D eigenvalue weighted by Crippen LogP contribution is 2.32. The van der Waals surface area contributed by atoms with Crippen LogP contribution in [0.5, 0.6) is 0 Å². The average molecular weight is 235 g/mol. The summed E-state index contributed by atoms with van der Waals surface area (Å²) in [6.07, 6.45) is 4.93. The summed E-state index contributed by atoms with van der Waals surface area (Å²) >= 11 is 0. The van der Waals surface area contributed by atoms with Gasteiger partial charge in [-0.05, 0) is 44.6 Å². The second-order valence-corrected chi connectivity index (χ2v) is 5.14. The summed E-state index contributed by atoms with van der Waals surface area (Å²) in [4.78, 5) is 0. The minimum atomic E-state index is 0.682. The number of rotatable bonds is 7. The maximum atomic E-state index is 4.63. The van der Waals surface area contributed by atoms with Gasteiger partial charge >= 0.3 is 0 Å². The van der Waals surface area contributed by atoms with Crippen LogP contribution in [-0.4, -0.2) is 22.4 Å². The monoisotopic (exact) mass is 235 g/mol. The molecular formula is C14H25N3. The summed E-state index contributed by atoms with van der Waals surface area (Å²) in [7, 11) is 0. The average Bonchev–Trinajstić information content (AvgIpc) is 3.11. The molecule has 96 valence electrons. The van der Waals surface area contributed by atoms with Crippen LogP contribution < -0.4 is 5.32 Å². The van der Waals surface area contributed by atoms with Gasteiger partial charge in [0.1, 0.15) is 0 Å². The molecule has 1 saturated carbocycles. The number of aromatic nitrogens is 2. The molecule has 1 unspecified atom stereocenters. The molecule has 1 aromatic rings. The van der Waals surface area contributed by atoms with E-state index in [1.54, 1.807) is 0 Å². The lowest BCUT2D eigenvalue weighted by molar-refractivity contribution is 0.456. The Morgan fingerprint density at radius 1 is 1.41 bits per heavy atom. The quantitative estimate of drug-likeness (QED) is 0.786. The second kappa shape index (κ2) is 5.67. The third kappa shape index (κ3) is 3.32. The van der Waals surface area contributed by atoms with Crippen LogP contribution in [0.2, 0.25) is 0 Å². The highest BCUT2D eigenvalue weighted by Gasteiger charge is 2.27. The Morgan fingerprint density at radius 3 is 2.76 bits per heavy atom. The van der Waals surface area contributed by atoms with Crippen molar-refractivity contribution in [3.05, 3.63) is 17.5 Å². The Morgan fingerprint density at radius 2 is 2.18 bits per heavy atom. The Balaban J connectivity index is 1.82. The first-order chi connectivity index (χ1) is 8.24. The molecule has 1 fully saturated rings. The highest BCUT2D eigenvalue weighted by atomic mass is 15.3. The molecule has 3 heteroatoms. The van der Waals surface area contributed by atoms with Crippen molar-refractivity contribution >= 4 is 0 Å². The number of aryl methyl sites for hydroxylation is 2. The maximum Gasteiger partial charge on any atom is 0.0624 e. The Bertz CT molecular complexity index is 352. The van der Waals surface area contributed by atoms with Crippen LogP contribution in [0.3, 0.4) is 0 Å². The zero-order valence-corrected chi connectivity index (χ0v) is 11.4. The van der Waals surface area contributed by atoms with Crippen molar-refractivity contribution in [1.29, 1.82) is 0 Å². The SMILES string of the molecule is CCc1cc(CC)n(CCNC(C)C2CC2)n1. The summed E-state index contributed by atoms with van der Waals surface area (Å²) in [6.45, 7) is 8.71. The second-order valence-electron chi connectivity index (χ2n) is 5.14. The first-order valence-corrected chi connectivity index (χ1v) is 7.03. The van der Waals surface area contributed by atoms with E-state index in [-0.39, 0.29) is 0 Å². The molecule has 1 aliphatic carbocycles. The molecular weight excluding hydrogens is 210 g/mol. The molecule has 17 heavy (non-hydrogen) atoms. The number of nitrogens with one attached hydrogen (secondary N) is 1. The zero-order chi connectivity index (χ0) is 12.3. The molecule has 0 aliphatic heterocycles. The largest absolute Gasteiger partial charge is 0.312 e. The summed E-state index contributed by atoms with van der Waals surface area (Å²) in [5, 5.41) is 8.24. The molecule has 1 atom stereocenters. The van der Waals surface area contributed by atoms with Crippen molar-refractivity contribution in [3.8, 4) is 0 Å². The fourth-order valence-electron chi connectivity index (χ4n) is 2.33. The van der Waals surface area contributed by atoms with E-state index >= 15 is 0 Å². The van der Waals surface area contributed by atoms with Gasteiger partial charge in [-0.15, -0.1) is 0 Å². The molecule has 1 N–H and O–H groups in total. The van der Waals surface area contributed by atoms with Gasteiger partial charge in [-0.25, -0.2) is 0 Å². The third-order valence-corrected chi connectivity index (χ3v) is 3.76. The molecule has 0 amide bonds. The van der Waals surface area contributed by atoms with Gasteiger partial charge in [0.15, 0.2) is 0 Å². The Labute approximate surface area is 105 Å². The van der Waals surface area contributed by atoms with Crippen LogP contribution in [0.4, 0.5) is 0 Å². The van der Waals surface area contributed by atoms with Gasteiger partial charge < -0.3 is 5.32 Å². The van der Waals surface area contributed by atoms with E-state index in [0.717, 1.165) is 31.8 Å². The van der Waals surface area contributed by atoms with Crippen LogP contribution >= 0.6 is 0 Å². The molecule has 1 heterocycles. The minimum absolute atomic E-state index is 0.682. The van der Waals surface area contributed by atoms with Crippen molar-refractivity contribution in [2.45, 2.75) is 59.0 Å². The van der Waals surface area contributed by atoms with Crippen LogP contribution in [0.15, 0.2) is 6.07 Å². The van der Waals surface area contributed by atoms with Crippen molar-refractivity contribution in [2.75, 3.05) is 6.54 Å². The van der Waals surface area contributed by atoms with Crippen molar-refractivity contribution in [1.82, 2.24) is 15.1 Å². The van der Waals surface area contributed by atoms with E-state index in [1.807, 2.05) is 0 Å². The van der Waals surface area contributed by atoms with Gasteiger partial charge in [0.25, 0.3) is 0 Å². The van der Waals surface area contributed by atoms with Crippen molar-refractivity contribution < 1.29 is 0 Å². The lowest BCUT2D eigenvalue weighted by atomic mass is 10.2. The molecule has 1 aromatic heterocycles. The van der Waals surface area contributed by atoms with Crippen molar-refractivity contribution in [2.24, 2.45) is 5.92 Å². The normalized spacial score (nSPS) is 17.4. The molecule has 0 radical (unpaired) electrons. The summed E-state index contributed by atoms with van der Waals surface area (Å²) in [5.41, 5.74) is 2.58. The zero-order valence-electron chi connectivity index (χ0n) is 11.4. The van der Waals surface area contributed by atoms with E-state index in [0.29, 0.717) is 6.04 Å². The van der Waals surface area contributed by atoms with Gasteiger partial charge in [-0.3, -0.25) is 4.68 Å². The number of hydrogen-bond donors (Lipinski definition) is 1. The van der Waals surface area contributed by atoms with E-state index in [1.165, 1.54) is 24.2 Å². The molecule has 3 nitrogen and oxygen atoms in total. The van der Waals surface area contributed by atoms with Gasteiger partial charge in [0.05, 0.1) is 12.2 Å². The Hall–Kier alpha value is -0.830. The highest BCUT2D eigenvalue weighted by molar-refractivity contribution is 5.10. The molecule has 0 aromatic carbocycles. The summed E-state index contributed by atoms with van der Waals surface area (Å²) in [5.74, 6) is 0.935. The number of hydrogen-bond acceptors (Lipinski definition) is 2. The first-order valence-electron chi connectivity index (χ1n) is 7.03. The van der Waals surface area contributed by atoms with Gasteiger partial charge in [-0.1, -0.05) is 13.8 Å². The molecule has 0 bridgehead atoms. The third-order valence-electron chi connectivity index (χ3n) is 3.76. The topological polar surface area (TPSA) is 29.9 Å². The number of nitrogens with zero attached hydrogens (tertiary/aromatic N) is 2. The fraction of sp³-hybridized carbons (Fsp3) is 0.786. The van der Waals surface area contributed by atoms with Crippen LogP contribution in [-0.2, 0) is 19.4 Å². The smallest absolute Gasteiger partial charge is 0.0624 e. The fourth-order valence-corrected chi connectivity index (χ4v) is 2.33. The van der Waals surface area contributed by atoms with Crippen LogP contribution in [0.25, 0.3) is 0 Å². The van der Waals surface area contributed by atoms with Crippen LogP contribution in [0, 0.1) is 5.92 Å². The minimum Gasteiger partial charge on any atom is -0.312 e. The first kappa shape index (κ1) is 12.6. The van der Waals surface area contributed by atoms with Crippen molar-refractivity contribution in [3.63, 3.8) is 0 Å². The predicted molar refractivity (Wildman–Crippen MR) is 71.2 cm³/mol. The predicted octanol–water partition coefficient (Wildman–Crippen LogP) is 2.40. The van der Waals surface area contributed by atoms with E-state index in [4.69, 9.17) is 0 Å². The molecule has 0 spiro atoms. The standard InChI is InChI=1S/C14H25N3/c1-4-13-10-14(5-2)17(16-13)9-8-15-11(3)12-6-7-12/h10-12,15H,4-9H2,1-3H3. The molecule has 1 aliphatic rings. The molecule has 0 saturated heterocycles. The van der Waals surface area contributed by atoms with Gasteiger partial charge in [0.2, 0.25) is 0 Å². The van der Waals surface area contributed by atoms with Gasteiger partial charge in [-0.2, -0.15) is 5.10 Å². The maximum absolute atomic E-state index is 4.63. The summed E-state index contributed by atoms with van der Waals surface area (Å²) in [6, 6.07) is 2.92. The van der Waals surface area contributed by atoms with Gasteiger partial charge in [0, 0.05) is 18.3 Å². The van der Waals surface area contributed by atoms with Crippen LogP contribution in [0.1, 0.15) is 45.0 Å². The Kier molecular flexibility index (Phi) is 4.21. The lowest BCUT2D eigenvalue weighted by Gasteiger charge is -2.13.